The maximum atomic E-state index is 5.89. The summed E-state index contributed by atoms with van der Waals surface area (Å²) in [4.78, 5) is 2.61. The van der Waals surface area contributed by atoms with Gasteiger partial charge in [-0.15, -0.1) is 0 Å². The van der Waals surface area contributed by atoms with Crippen molar-refractivity contribution in [3.63, 3.8) is 0 Å². The quantitative estimate of drug-likeness (QED) is 0.909. The lowest BCUT2D eigenvalue weighted by molar-refractivity contribution is 0.142. The second kappa shape index (κ2) is 4.90. The van der Waals surface area contributed by atoms with Gasteiger partial charge in [0.2, 0.25) is 0 Å². The molecule has 0 radical (unpaired) electrons. The fourth-order valence-corrected chi connectivity index (χ4v) is 3.90. The molecule has 2 unspecified atom stereocenters. The van der Waals surface area contributed by atoms with E-state index in [1.165, 1.54) is 43.5 Å². The van der Waals surface area contributed by atoms with E-state index in [-0.39, 0.29) is 0 Å². The first-order chi connectivity index (χ1) is 9.81. The monoisotopic (exact) mass is 270 g/mol. The van der Waals surface area contributed by atoms with E-state index >= 15 is 0 Å². The molecule has 1 aromatic carbocycles. The lowest BCUT2D eigenvalue weighted by atomic mass is 9.88. The Hall–Kier alpha value is -1.32. The Morgan fingerprint density at radius 2 is 2.10 bits per heavy atom. The van der Waals surface area contributed by atoms with Crippen molar-refractivity contribution in [1.29, 1.82) is 0 Å². The van der Waals surface area contributed by atoms with E-state index in [2.05, 4.69) is 35.3 Å². The normalized spacial score (nSPS) is 27.1. The number of hydrogen-bond acceptors (Lipinski definition) is 3. The Labute approximate surface area is 119 Å². The van der Waals surface area contributed by atoms with Gasteiger partial charge in [-0.05, 0) is 50.9 Å². The summed E-state index contributed by atoms with van der Waals surface area (Å²) in [6, 6.07) is 8.41. The Morgan fingerprint density at radius 1 is 1.25 bits per heavy atom. The first kappa shape index (κ1) is 12.4. The van der Waals surface area contributed by atoms with Crippen LogP contribution in [0.2, 0.25) is 0 Å². The van der Waals surface area contributed by atoms with Crippen LogP contribution in [0, 0.1) is 18.8 Å². The summed E-state index contributed by atoms with van der Waals surface area (Å²) in [6.07, 6.45) is 1.34. The van der Waals surface area contributed by atoms with Crippen molar-refractivity contribution in [2.45, 2.75) is 19.9 Å². The van der Waals surface area contributed by atoms with Crippen LogP contribution in [0.15, 0.2) is 28.7 Å². The molecule has 2 saturated heterocycles. The van der Waals surface area contributed by atoms with E-state index in [9.17, 15) is 0 Å². The van der Waals surface area contributed by atoms with Crippen LogP contribution in [0.1, 0.15) is 17.7 Å². The highest BCUT2D eigenvalue weighted by molar-refractivity contribution is 5.82. The van der Waals surface area contributed by atoms with Gasteiger partial charge in [-0.3, -0.25) is 4.90 Å². The predicted molar refractivity (Wildman–Crippen MR) is 80.7 cm³/mol. The molecule has 2 fully saturated rings. The zero-order chi connectivity index (χ0) is 13.5. The lowest BCUT2D eigenvalue weighted by Crippen LogP contribution is -2.39. The minimum Gasteiger partial charge on any atom is -0.461 e. The standard InChI is InChI=1S/C17H22N2O/c1-12-16(15-4-2-3-5-17(15)20-12)11-19-7-6-13-8-18-9-14(13)10-19/h2-5,13-14,18H,6-11H2,1H3. The van der Waals surface area contributed by atoms with Gasteiger partial charge >= 0.3 is 0 Å². The van der Waals surface area contributed by atoms with Crippen LogP contribution >= 0.6 is 0 Å². The number of nitrogens with zero attached hydrogens (tertiary/aromatic N) is 1. The smallest absolute Gasteiger partial charge is 0.134 e. The number of benzene rings is 1. The van der Waals surface area contributed by atoms with Gasteiger partial charge in [0, 0.05) is 24.0 Å². The molecule has 2 atom stereocenters. The number of piperidine rings is 1. The summed E-state index contributed by atoms with van der Waals surface area (Å²) < 4.78 is 5.89. The summed E-state index contributed by atoms with van der Waals surface area (Å²) in [6.45, 7) is 8.02. The summed E-state index contributed by atoms with van der Waals surface area (Å²) in [5.74, 6) is 2.84. The second-order valence-corrected chi connectivity index (χ2v) is 6.34. The van der Waals surface area contributed by atoms with Crippen molar-refractivity contribution in [2.24, 2.45) is 11.8 Å². The molecule has 0 aliphatic carbocycles. The molecular formula is C17H22N2O. The van der Waals surface area contributed by atoms with Crippen LogP contribution in [0.5, 0.6) is 0 Å². The third-order valence-corrected chi connectivity index (χ3v) is 5.07. The minimum absolute atomic E-state index is 0.849. The highest BCUT2D eigenvalue weighted by atomic mass is 16.3. The van der Waals surface area contributed by atoms with Crippen LogP contribution in [-0.4, -0.2) is 31.1 Å². The van der Waals surface area contributed by atoms with Gasteiger partial charge in [0.05, 0.1) is 0 Å². The fraction of sp³-hybridized carbons (Fsp3) is 0.529. The molecule has 0 saturated carbocycles. The van der Waals surface area contributed by atoms with Crippen LogP contribution in [0.25, 0.3) is 11.0 Å². The lowest BCUT2D eigenvalue weighted by Gasteiger charge is -2.34. The van der Waals surface area contributed by atoms with Crippen molar-refractivity contribution >= 4 is 11.0 Å². The van der Waals surface area contributed by atoms with Gasteiger partial charge < -0.3 is 9.73 Å². The first-order valence-electron chi connectivity index (χ1n) is 7.71. The number of furan rings is 1. The summed E-state index contributed by atoms with van der Waals surface area (Å²) in [5, 5.41) is 4.83. The zero-order valence-electron chi connectivity index (χ0n) is 12.1. The first-order valence-corrected chi connectivity index (χ1v) is 7.71. The maximum absolute atomic E-state index is 5.89. The molecule has 1 aromatic heterocycles. The Morgan fingerprint density at radius 3 is 3.05 bits per heavy atom. The largest absolute Gasteiger partial charge is 0.461 e. The number of para-hydroxylation sites is 1. The molecule has 2 aliphatic heterocycles. The van der Waals surface area contributed by atoms with Gasteiger partial charge in [0.1, 0.15) is 11.3 Å². The zero-order valence-corrected chi connectivity index (χ0v) is 12.1. The maximum Gasteiger partial charge on any atom is 0.134 e. The number of hydrogen-bond donors (Lipinski definition) is 1. The highest BCUT2D eigenvalue weighted by Crippen LogP contribution is 2.30. The number of aryl methyl sites for hydroxylation is 1. The van der Waals surface area contributed by atoms with Gasteiger partial charge in [-0.2, -0.15) is 0 Å². The second-order valence-electron chi connectivity index (χ2n) is 6.34. The molecule has 0 bridgehead atoms. The highest BCUT2D eigenvalue weighted by Gasteiger charge is 2.33. The molecule has 0 amide bonds. The topological polar surface area (TPSA) is 28.4 Å². The minimum atomic E-state index is 0.849. The summed E-state index contributed by atoms with van der Waals surface area (Å²) in [5.41, 5.74) is 2.41. The van der Waals surface area contributed by atoms with Crippen molar-refractivity contribution in [3.05, 3.63) is 35.6 Å². The Bertz CT molecular complexity index is 618. The average Bonchev–Trinajstić information content (AvgIpc) is 3.04. The van der Waals surface area contributed by atoms with Gasteiger partial charge in [0.25, 0.3) is 0 Å². The Kier molecular flexibility index (Phi) is 3.04. The number of likely N-dealkylation sites (tertiary alicyclic amines) is 1. The van der Waals surface area contributed by atoms with E-state index in [1.807, 2.05) is 6.07 Å². The Balaban J connectivity index is 1.57. The van der Waals surface area contributed by atoms with Crippen LogP contribution < -0.4 is 5.32 Å². The summed E-state index contributed by atoms with van der Waals surface area (Å²) in [7, 11) is 0. The van der Waals surface area contributed by atoms with E-state index < -0.39 is 0 Å². The SMILES string of the molecule is Cc1oc2ccccc2c1CN1CCC2CNCC2C1. The molecule has 3 heterocycles. The molecule has 1 N–H and O–H groups in total. The third kappa shape index (κ3) is 2.05. The van der Waals surface area contributed by atoms with E-state index in [4.69, 9.17) is 4.42 Å². The van der Waals surface area contributed by atoms with Crippen molar-refractivity contribution in [3.8, 4) is 0 Å². The molecule has 3 heteroatoms. The number of nitrogens with one attached hydrogen (secondary N) is 1. The van der Waals surface area contributed by atoms with Crippen LogP contribution in [0.4, 0.5) is 0 Å². The van der Waals surface area contributed by atoms with Crippen LogP contribution in [0.3, 0.4) is 0 Å². The molecule has 106 valence electrons. The summed E-state index contributed by atoms with van der Waals surface area (Å²) >= 11 is 0. The van der Waals surface area contributed by atoms with Crippen molar-refractivity contribution in [2.75, 3.05) is 26.2 Å². The predicted octanol–water partition coefficient (Wildman–Crippen LogP) is 2.78. The van der Waals surface area contributed by atoms with Gasteiger partial charge in [-0.25, -0.2) is 0 Å². The van der Waals surface area contributed by atoms with E-state index in [0.717, 1.165) is 29.7 Å². The molecule has 3 nitrogen and oxygen atoms in total. The fourth-order valence-electron chi connectivity index (χ4n) is 3.90. The number of fused-ring (bicyclic) bond motifs is 2. The molecule has 0 spiro atoms. The van der Waals surface area contributed by atoms with E-state index in [0.29, 0.717) is 0 Å². The van der Waals surface area contributed by atoms with Gasteiger partial charge in [0.15, 0.2) is 0 Å². The number of rotatable bonds is 2. The molecule has 2 aliphatic rings. The average molecular weight is 270 g/mol. The molecule has 2 aromatic rings. The molecule has 4 rings (SSSR count). The molecular weight excluding hydrogens is 248 g/mol. The van der Waals surface area contributed by atoms with Gasteiger partial charge in [-0.1, -0.05) is 18.2 Å². The van der Waals surface area contributed by atoms with Crippen LogP contribution in [-0.2, 0) is 6.54 Å². The third-order valence-electron chi connectivity index (χ3n) is 5.07. The van der Waals surface area contributed by atoms with Crippen molar-refractivity contribution in [1.82, 2.24) is 10.2 Å². The van der Waals surface area contributed by atoms with E-state index in [1.54, 1.807) is 0 Å². The molecule has 20 heavy (non-hydrogen) atoms. The van der Waals surface area contributed by atoms with Crippen molar-refractivity contribution < 1.29 is 4.42 Å².